The number of benzene rings is 2. The van der Waals surface area contributed by atoms with Crippen LogP contribution >= 0.6 is 11.6 Å². The summed E-state index contributed by atoms with van der Waals surface area (Å²) in [5.41, 5.74) is 1.46. The molecule has 0 spiro atoms. The molecule has 142 valence electrons. The maximum absolute atomic E-state index is 12.0. The van der Waals surface area contributed by atoms with Crippen molar-refractivity contribution in [3.63, 3.8) is 0 Å². The zero-order valence-corrected chi connectivity index (χ0v) is 15.5. The van der Waals surface area contributed by atoms with Gasteiger partial charge in [0.05, 0.1) is 15.5 Å². The molecule has 0 aromatic heterocycles. The highest BCUT2D eigenvalue weighted by atomic mass is 35.5. The van der Waals surface area contributed by atoms with E-state index in [-0.39, 0.29) is 22.8 Å². The quantitative estimate of drug-likeness (QED) is 0.442. The molecule has 0 aliphatic rings. The number of ether oxygens (including phenoxy) is 1. The molecule has 0 atom stereocenters. The first-order valence-electron chi connectivity index (χ1n) is 7.92. The number of hydrogen-bond donors (Lipinski definition) is 1. The van der Waals surface area contributed by atoms with Crippen LogP contribution in [0.2, 0.25) is 5.02 Å². The molecule has 0 aliphatic heterocycles. The van der Waals surface area contributed by atoms with Crippen LogP contribution in [0.15, 0.2) is 42.5 Å². The van der Waals surface area contributed by atoms with E-state index in [1.54, 1.807) is 0 Å². The van der Waals surface area contributed by atoms with Crippen LogP contribution in [0, 0.1) is 10.1 Å². The molecule has 0 unspecified atom stereocenters. The zero-order valence-electron chi connectivity index (χ0n) is 14.8. The van der Waals surface area contributed by atoms with Gasteiger partial charge in [0.2, 0.25) is 0 Å². The second-order valence-corrected chi connectivity index (χ2v) is 6.24. The summed E-state index contributed by atoms with van der Waals surface area (Å²) in [4.78, 5) is 35.9. The number of hydrogen-bond acceptors (Lipinski definition) is 6. The van der Waals surface area contributed by atoms with Gasteiger partial charge >= 0.3 is 5.97 Å². The Kier molecular flexibility index (Phi) is 6.73. The van der Waals surface area contributed by atoms with Crippen LogP contribution in [0.25, 0.3) is 0 Å². The number of carbonyl (C=O) groups excluding carboxylic acids is 2. The van der Waals surface area contributed by atoms with E-state index in [4.69, 9.17) is 16.3 Å². The van der Waals surface area contributed by atoms with Crippen molar-refractivity contribution in [3.8, 4) is 0 Å². The largest absolute Gasteiger partial charge is 0.452 e. The van der Waals surface area contributed by atoms with Crippen LogP contribution < -0.4 is 10.2 Å². The van der Waals surface area contributed by atoms with Gasteiger partial charge in [0.15, 0.2) is 6.61 Å². The number of nitrogens with one attached hydrogen (secondary N) is 1. The van der Waals surface area contributed by atoms with Gasteiger partial charge in [-0.3, -0.25) is 14.9 Å². The van der Waals surface area contributed by atoms with Crippen molar-refractivity contribution in [3.05, 3.63) is 68.7 Å². The number of nitro benzene ring substituents is 1. The van der Waals surface area contributed by atoms with E-state index in [0.29, 0.717) is 0 Å². The molecule has 9 heteroatoms. The highest BCUT2D eigenvalue weighted by Crippen LogP contribution is 2.22. The first-order chi connectivity index (χ1) is 12.8. The summed E-state index contributed by atoms with van der Waals surface area (Å²) < 4.78 is 4.88. The third kappa shape index (κ3) is 5.68. The molecule has 2 aromatic carbocycles. The summed E-state index contributed by atoms with van der Waals surface area (Å²) in [7, 11) is 3.86. The summed E-state index contributed by atoms with van der Waals surface area (Å²) >= 11 is 5.86. The van der Waals surface area contributed by atoms with Gasteiger partial charge < -0.3 is 15.0 Å². The second kappa shape index (κ2) is 9.00. The summed E-state index contributed by atoms with van der Waals surface area (Å²) in [5, 5.41) is 13.4. The highest BCUT2D eigenvalue weighted by molar-refractivity contribution is 6.33. The second-order valence-electron chi connectivity index (χ2n) is 5.83. The Hall–Kier alpha value is -3.13. The van der Waals surface area contributed by atoms with Crippen molar-refractivity contribution < 1.29 is 19.2 Å². The van der Waals surface area contributed by atoms with E-state index in [1.165, 1.54) is 12.1 Å². The third-order valence-corrected chi connectivity index (χ3v) is 3.99. The molecule has 2 aromatic rings. The first-order valence-corrected chi connectivity index (χ1v) is 8.29. The minimum Gasteiger partial charge on any atom is -0.452 e. The van der Waals surface area contributed by atoms with E-state index in [9.17, 15) is 19.7 Å². The normalized spacial score (nSPS) is 10.2. The number of anilines is 1. The van der Waals surface area contributed by atoms with Crippen molar-refractivity contribution in [2.45, 2.75) is 6.54 Å². The van der Waals surface area contributed by atoms with Crippen molar-refractivity contribution in [2.24, 2.45) is 0 Å². The summed E-state index contributed by atoms with van der Waals surface area (Å²) in [6.45, 7) is -0.241. The lowest BCUT2D eigenvalue weighted by molar-refractivity contribution is -0.384. The average molecular weight is 392 g/mol. The van der Waals surface area contributed by atoms with E-state index in [1.807, 2.05) is 43.3 Å². The molecule has 27 heavy (non-hydrogen) atoms. The molecule has 0 fully saturated rings. The van der Waals surface area contributed by atoms with Crippen LogP contribution in [0.4, 0.5) is 11.4 Å². The number of rotatable bonds is 7. The van der Waals surface area contributed by atoms with Crippen LogP contribution in [0.3, 0.4) is 0 Å². The van der Waals surface area contributed by atoms with Gasteiger partial charge in [-0.2, -0.15) is 0 Å². The minimum atomic E-state index is -0.908. The lowest BCUT2D eigenvalue weighted by Crippen LogP contribution is -2.28. The number of carbonyl (C=O) groups is 2. The molecular weight excluding hydrogens is 374 g/mol. The molecule has 0 bridgehead atoms. The fraction of sp³-hybridized carbons (Fsp3) is 0.222. The molecule has 2 rings (SSSR count). The molecule has 1 N–H and O–H groups in total. The fourth-order valence-electron chi connectivity index (χ4n) is 2.16. The number of esters is 1. The molecule has 0 radical (unpaired) electrons. The van der Waals surface area contributed by atoms with Crippen molar-refractivity contribution in [1.82, 2.24) is 5.32 Å². The molecule has 0 saturated carbocycles. The number of non-ortho nitro benzene ring substituents is 1. The van der Waals surface area contributed by atoms with E-state index < -0.39 is 23.4 Å². The summed E-state index contributed by atoms with van der Waals surface area (Å²) in [6, 6.07) is 11.0. The van der Waals surface area contributed by atoms with Gasteiger partial charge in [-0.05, 0) is 23.8 Å². The van der Waals surface area contributed by atoms with Crippen molar-refractivity contribution in [1.29, 1.82) is 0 Å². The Balaban J connectivity index is 1.87. The van der Waals surface area contributed by atoms with E-state index >= 15 is 0 Å². The Morgan fingerprint density at radius 1 is 1.19 bits per heavy atom. The predicted molar refractivity (Wildman–Crippen MR) is 101 cm³/mol. The summed E-state index contributed by atoms with van der Waals surface area (Å²) in [6.07, 6.45) is 0. The number of nitro groups is 1. The Bertz CT molecular complexity index is 853. The topological polar surface area (TPSA) is 102 Å². The monoisotopic (exact) mass is 391 g/mol. The van der Waals surface area contributed by atoms with Gasteiger partial charge in [-0.25, -0.2) is 4.79 Å². The third-order valence-electron chi connectivity index (χ3n) is 3.66. The van der Waals surface area contributed by atoms with Crippen LogP contribution in [0.5, 0.6) is 0 Å². The molecule has 0 heterocycles. The predicted octanol–water partition coefficient (Wildman–Crippen LogP) is 2.79. The lowest BCUT2D eigenvalue weighted by Gasteiger charge is -2.13. The first kappa shape index (κ1) is 20.2. The smallest absolute Gasteiger partial charge is 0.340 e. The molecule has 1 amide bonds. The number of nitrogens with zero attached hydrogens (tertiary/aromatic N) is 2. The van der Waals surface area contributed by atoms with Crippen LogP contribution in [0.1, 0.15) is 15.9 Å². The maximum Gasteiger partial charge on any atom is 0.340 e. The Labute approximate surface area is 160 Å². The highest BCUT2D eigenvalue weighted by Gasteiger charge is 2.18. The van der Waals surface area contributed by atoms with Crippen molar-refractivity contribution >= 4 is 34.9 Å². The molecular formula is C18H18ClN3O5. The molecule has 8 nitrogen and oxygen atoms in total. The van der Waals surface area contributed by atoms with Crippen LogP contribution in [-0.2, 0) is 16.1 Å². The van der Waals surface area contributed by atoms with Gasteiger partial charge in [-0.1, -0.05) is 23.7 Å². The fourth-order valence-corrected chi connectivity index (χ4v) is 2.35. The van der Waals surface area contributed by atoms with E-state index in [0.717, 1.165) is 17.3 Å². The van der Waals surface area contributed by atoms with Gasteiger partial charge in [0.25, 0.3) is 11.6 Å². The van der Waals surface area contributed by atoms with Gasteiger partial charge in [-0.15, -0.1) is 0 Å². The molecule has 0 saturated heterocycles. The number of amides is 1. The SMILES string of the molecule is CN(C)c1ccc(CNC(=O)COC(=O)c2cc([N+](=O)[O-])ccc2Cl)cc1. The average Bonchev–Trinajstić information content (AvgIpc) is 2.64. The standard InChI is InChI=1S/C18H18ClN3O5/c1-21(2)13-5-3-12(4-6-13)10-20-17(23)11-27-18(24)15-9-14(22(25)26)7-8-16(15)19/h3-9H,10-11H2,1-2H3,(H,20,23). The number of halogens is 1. The maximum atomic E-state index is 12.0. The summed E-state index contributed by atoms with van der Waals surface area (Å²) in [5.74, 6) is -1.41. The van der Waals surface area contributed by atoms with Gasteiger partial charge in [0.1, 0.15) is 0 Å². The minimum absolute atomic E-state index is 0.00647. The van der Waals surface area contributed by atoms with E-state index in [2.05, 4.69) is 5.32 Å². The lowest BCUT2D eigenvalue weighted by atomic mass is 10.2. The Morgan fingerprint density at radius 2 is 1.85 bits per heavy atom. The van der Waals surface area contributed by atoms with Gasteiger partial charge in [0, 0.05) is 38.5 Å². The zero-order chi connectivity index (χ0) is 20.0. The Morgan fingerprint density at radius 3 is 2.44 bits per heavy atom. The van der Waals surface area contributed by atoms with Crippen molar-refractivity contribution in [2.75, 3.05) is 25.6 Å². The van der Waals surface area contributed by atoms with Crippen LogP contribution in [-0.4, -0.2) is 37.5 Å². The molecule has 0 aliphatic carbocycles.